The fraction of sp³-hybridized carbons (Fsp3) is 0.645. The molecule has 2 aromatic rings. The maximum absolute atomic E-state index is 13.2. The molecule has 2 aliphatic rings. The quantitative estimate of drug-likeness (QED) is 0.344. The number of rotatable bonds is 7. The highest BCUT2D eigenvalue weighted by atomic mass is 32.2. The molecule has 0 radical (unpaired) electrons. The maximum atomic E-state index is 13.2. The van der Waals surface area contributed by atoms with Crippen LogP contribution >= 0.6 is 11.3 Å². The van der Waals surface area contributed by atoms with Crippen LogP contribution in [0.3, 0.4) is 0 Å². The largest absolute Gasteiger partial charge is 0.495 e. The normalized spacial score (nSPS) is 22.7. The second kappa shape index (κ2) is 14.5. The van der Waals surface area contributed by atoms with Gasteiger partial charge in [0.1, 0.15) is 9.96 Å². The number of ether oxygens (including phenoxy) is 1. The van der Waals surface area contributed by atoms with Crippen LogP contribution in [0.5, 0.6) is 5.75 Å². The minimum Gasteiger partial charge on any atom is -0.495 e. The first-order valence-electron chi connectivity index (χ1n) is 14.9. The van der Waals surface area contributed by atoms with Gasteiger partial charge in [0.05, 0.1) is 18.4 Å². The van der Waals surface area contributed by atoms with E-state index in [2.05, 4.69) is 4.72 Å². The molecule has 216 valence electrons. The number of hydrogen-bond acceptors (Lipinski definition) is 5. The molecule has 2 unspecified atom stereocenters. The third-order valence-electron chi connectivity index (χ3n) is 8.78. The molecule has 0 bridgehead atoms. The molecule has 2 aliphatic carbocycles. The summed E-state index contributed by atoms with van der Waals surface area (Å²) in [4.78, 5) is 12.4. The van der Waals surface area contributed by atoms with Gasteiger partial charge in [0.25, 0.3) is 10.0 Å². The average molecular weight is 576 g/mol. The Labute approximate surface area is 238 Å². The highest BCUT2D eigenvalue weighted by Gasteiger charge is 2.25. The first-order chi connectivity index (χ1) is 18.9. The Balaban J connectivity index is 1.39. The summed E-state index contributed by atoms with van der Waals surface area (Å²) in [5.74, 6) is 1.31. The molecule has 1 aromatic carbocycles. The summed E-state index contributed by atoms with van der Waals surface area (Å²) in [6.45, 7) is 0. The minimum absolute atomic E-state index is 0.0380. The lowest BCUT2D eigenvalue weighted by Gasteiger charge is -2.29. The van der Waals surface area contributed by atoms with E-state index in [1.165, 1.54) is 127 Å². The zero-order valence-corrected chi connectivity index (χ0v) is 25.0. The van der Waals surface area contributed by atoms with E-state index >= 15 is 0 Å². The number of carbonyl (C=O) groups is 1. The molecule has 1 heterocycles. The van der Waals surface area contributed by atoms with Crippen LogP contribution in [0.25, 0.3) is 0 Å². The summed E-state index contributed by atoms with van der Waals surface area (Å²) in [5, 5.41) is 9.22. The van der Waals surface area contributed by atoms with Crippen LogP contribution in [-0.4, -0.2) is 26.6 Å². The van der Waals surface area contributed by atoms with Gasteiger partial charge in [-0.2, -0.15) is 0 Å². The number of sulfonamides is 1. The number of carboxylic acids is 1. The summed E-state index contributed by atoms with van der Waals surface area (Å²) in [6, 6.07) is 7.82. The summed E-state index contributed by atoms with van der Waals surface area (Å²) in [5.41, 5.74) is 0.266. The van der Waals surface area contributed by atoms with Gasteiger partial charge in [0, 0.05) is 4.88 Å². The van der Waals surface area contributed by atoms with Crippen molar-refractivity contribution < 1.29 is 23.1 Å². The van der Waals surface area contributed by atoms with E-state index < -0.39 is 16.0 Å². The van der Waals surface area contributed by atoms with Gasteiger partial charge in [-0.25, -0.2) is 13.2 Å². The van der Waals surface area contributed by atoms with E-state index in [0.717, 1.165) is 29.6 Å². The van der Waals surface area contributed by atoms with Crippen molar-refractivity contribution in [3.8, 4) is 5.75 Å². The molecule has 39 heavy (non-hydrogen) atoms. The van der Waals surface area contributed by atoms with Gasteiger partial charge in [0.15, 0.2) is 0 Å². The Morgan fingerprint density at radius 3 is 1.97 bits per heavy atom. The number of methoxy groups -OCH3 is 1. The van der Waals surface area contributed by atoms with Gasteiger partial charge < -0.3 is 9.84 Å². The van der Waals surface area contributed by atoms with Crippen molar-refractivity contribution in [1.82, 2.24) is 0 Å². The molecule has 4 rings (SSSR count). The first-order valence-corrected chi connectivity index (χ1v) is 17.2. The molecule has 2 saturated carbocycles. The van der Waals surface area contributed by atoms with Crippen molar-refractivity contribution in [3.63, 3.8) is 0 Å². The van der Waals surface area contributed by atoms with Gasteiger partial charge in [-0.3, -0.25) is 4.72 Å². The summed E-state index contributed by atoms with van der Waals surface area (Å²) < 4.78 is 34.5. The molecule has 0 amide bonds. The van der Waals surface area contributed by atoms with Crippen LogP contribution in [0.4, 0.5) is 5.69 Å². The molecule has 0 spiro atoms. The van der Waals surface area contributed by atoms with Crippen LogP contribution in [0.1, 0.15) is 124 Å². The van der Waals surface area contributed by atoms with Crippen molar-refractivity contribution in [1.29, 1.82) is 0 Å². The maximum Gasteiger partial charge on any atom is 0.335 e. The molecule has 2 N–H and O–H groups in total. The second-order valence-electron chi connectivity index (χ2n) is 11.5. The lowest BCUT2D eigenvalue weighted by Crippen LogP contribution is -2.16. The molecular formula is C31H45NO5S2. The number of anilines is 1. The molecular weight excluding hydrogens is 530 g/mol. The SMILES string of the molecule is COc1cc(C(=O)O)ccc1NS(=O)(=O)c1ccc(C2CCCCCC(C3CCCCCCC3)CCCC2)s1. The second-order valence-corrected chi connectivity index (χ2v) is 14.5. The molecule has 0 aliphatic heterocycles. The molecule has 2 atom stereocenters. The van der Waals surface area contributed by atoms with E-state index in [1.54, 1.807) is 6.07 Å². The third kappa shape index (κ3) is 8.46. The fourth-order valence-corrected chi connectivity index (χ4v) is 9.14. The Kier molecular flexibility index (Phi) is 11.1. The fourth-order valence-electron chi connectivity index (χ4n) is 6.58. The van der Waals surface area contributed by atoms with E-state index in [4.69, 9.17) is 4.74 Å². The Bertz CT molecular complexity index is 1170. The predicted octanol–water partition coefficient (Wildman–Crippen LogP) is 8.84. The van der Waals surface area contributed by atoms with Crippen molar-refractivity contribution in [2.24, 2.45) is 11.8 Å². The van der Waals surface area contributed by atoms with E-state index in [1.807, 2.05) is 6.07 Å². The Morgan fingerprint density at radius 1 is 0.821 bits per heavy atom. The molecule has 6 nitrogen and oxygen atoms in total. The molecule has 0 saturated heterocycles. The number of nitrogens with one attached hydrogen (secondary N) is 1. The van der Waals surface area contributed by atoms with Crippen molar-refractivity contribution in [2.45, 2.75) is 113 Å². The molecule has 8 heteroatoms. The van der Waals surface area contributed by atoms with Crippen LogP contribution in [0.2, 0.25) is 0 Å². The number of benzene rings is 1. The van der Waals surface area contributed by atoms with Gasteiger partial charge in [-0.15, -0.1) is 11.3 Å². The summed E-state index contributed by atoms with van der Waals surface area (Å²) >= 11 is 1.36. The number of carboxylic acid groups (broad SMARTS) is 1. The minimum atomic E-state index is -3.82. The Morgan fingerprint density at radius 2 is 1.36 bits per heavy atom. The standard InChI is InChI=1S/C31H45NO5S2/c1-37-28-22-26(31(33)34)18-19-27(28)32-39(35,36)30-21-20-29(38-30)25-16-9-5-8-14-24(15-10-11-17-25)23-12-6-3-2-4-7-13-23/h18-25,32H,2-17H2,1H3,(H,33,34). The third-order valence-corrected chi connectivity index (χ3v) is 11.9. The monoisotopic (exact) mass is 575 g/mol. The predicted molar refractivity (Wildman–Crippen MR) is 159 cm³/mol. The van der Waals surface area contributed by atoms with Crippen molar-refractivity contribution >= 4 is 33.0 Å². The summed E-state index contributed by atoms with van der Waals surface area (Å²) in [6.07, 6.45) is 21.2. The van der Waals surface area contributed by atoms with Crippen LogP contribution < -0.4 is 9.46 Å². The lowest BCUT2D eigenvalue weighted by molar-refractivity contribution is 0.0696. The average Bonchev–Trinajstić information content (AvgIpc) is 3.38. The van der Waals surface area contributed by atoms with Gasteiger partial charge in [-0.05, 0) is 60.9 Å². The van der Waals surface area contributed by atoms with E-state index in [-0.39, 0.29) is 21.2 Å². The number of thiophene rings is 1. The highest BCUT2D eigenvalue weighted by molar-refractivity contribution is 7.94. The molecule has 2 fully saturated rings. The zero-order valence-electron chi connectivity index (χ0n) is 23.3. The first kappa shape index (κ1) is 29.9. The van der Waals surface area contributed by atoms with Crippen LogP contribution in [0.15, 0.2) is 34.5 Å². The summed E-state index contributed by atoms with van der Waals surface area (Å²) in [7, 11) is -2.42. The van der Waals surface area contributed by atoms with Gasteiger partial charge in [-0.1, -0.05) is 89.9 Å². The van der Waals surface area contributed by atoms with Gasteiger partial charge >= 0.3 is 5.97 Å². The van der Waals surface area contributed by atoms with Crippen LogP contribution in [0, 0.1) is 11.8 Å². The topological polar surface area (TPSA) is 92.7 Å². The van der Waals surface area contributed by atoms with Crippen molar-refractivity contribution in [2.75, 3.05) is 11.8 Å². The number of hydrogen-bond donors (Lipinski definition) is 2. The van der Waals surface area contributed by atoms with Gasteiger partial charge in [0.2, 0.25) is 0 Å². The Hall–Kier alpha value is -2.06. The van der Waals surface area contributed by atoms with E-state index in [9.17, 15) is 18.3 Å². The van der Waals surface area contributed by atoms with Crippen molar-refractivity contribution in [3.05, 3.63) is 40.8 Å². The zero-order chi connectivity index (χ0) is 27.7. The smallest absolute Gasteiger partial charge is 0.335 e. The van der Waals surface area contributed by atoms with E-state index in [0.29, 0.717) is 5.92 Å². The highest BCUT2D eigenvalue weighted by Crippen LogP contribution is 2.39. The molecule has 1 aromatic heterocycles. The van der Waals surface area contributed by atoms with Crippen LogP contribution in [-0.2, 0) is 10.0 Å². The lowest BCUT2D eigenvalue weighted by atomic mass is 9.77. The number of aromatic carboxylic acids is 1.